The number of thiazole rings is 1. The highest BCUT2D eigenvalue weighted by Gasteiger charge is 2.20. The van der Waals surface area contributed by atoms with Crippen molar-refractivity contribution in [1.82, 2.24) is 20.5 Å². The number of rotatable bonds is 8. The van der Waals surface area contributed by atoms with Gasteiger partial charge in [-0.25, -0.2) is 9.37 Å². The van der Waals surface area contributed by atoms with Crippen LogP contribution in [0.15, 0.2) is 28.6 Å². The first kappa shape index (κ1) is 23.5. The van der Waals surface area contributed by atoms with Gasteiger partial charge in [-0.2, -0.15) is 0 Å². The number of likely N-dealkylation sites (tertiary alicyclic amines) is 1. The fraction of sp³-hybridized carbons (Fsp3) is 0.565. The van der Waals surface area contributed by atoms with Gasteiger partial charge in [0.1, 0.15) is 0 Å². The second-order valence-electron chi connectivity index (χ2n) is 8.02. The number of aliphatic imine (C=N–C) groups is 1. The molecule has 0 radical (unpaired) electrons. The molecule has 6 nitrogen and oxygen atoms in total. The SMILES string of the molecule is CCc1nc(CN2CCC(CNC(=NC)NC(C)c3ccc(OC)c(F)c3)CC2)cs1. The third-order valence-corrected chi connectivity index (χ3v) is 6.85. The Bertz CT molecular complexity index is 863. The second-order valence-corrected chi connectivity index (χ2v) is 8.96. The fourth-order valence-electron chi connectivity index (χ4n) is 3.84. The molecule has 1 aliphatic rings. The molecule has 1 saturated heterocycles. The van der Waals surface area contributed by atoms with Crippen LogP contribution in [0.3, 0.4) is 0 Å². The van der Waals surface area contributed by atoms with E-state index in [1.54, 1.807) is 24.5 Å². The van der Waals surface area contributed by atoms with Gasteiger partial charge < -0.3 is 15.4 Å². The summed E-state index contributed by atoms with van der Waals surface area (Å²) in [6.07, 6.45) is 3.34. The zero-order valence-electron chi connectivity index (χ0n) is 18.9. The van der Waals surface area contributed by atoms with E-state index in [1.807, 2.05) is 13.0 Å². The zero-order chi connectivity index (χ0) is 22.2. The Morgan fingerprint density at radius 1 is 1.39 bits per heavy atom. The van der Waals surface area contributed by atoms with E-state index in [0.29, 0.717) is 5.92 Å². The summed E-state index contributed by atoms with van der Waals surface area (Å²) in [7, 11) is 3.23. The molecule has 0 amide bonds. The molecule has 1 aromatic heterocycles. The third-order valence-electron chi connectivity index (χ3n) is 5.81. The number of nitrogens with zero attached hydrogens (tertiary/aromatic N) is 3. The van der Waals surface area contributed by atoms with Crippen LogP contribution in [0.5, 0.6) is 5.75 Å². The van der Waals surface area contributed by atoms with Gasteiger partial charge in [-0.3, -0.25) is 9.89 Å². The quantitative estimate of drug-likeness (QED) is 0.473. The van der Waals surface area contributed by atoms with Crippen molar-refractivity contribution in [2.45, 2.75) is 45.7 Å². The number of halogens is 1. The van der Waals surface area contributed by atoms with Crippen molar-refractivity contribution in [2.75, 3.05) is 33.8 Å². The van der Waals surface area contributed by atoms with Crippen molar-refractivity contribution in [3.63, 3.8) is 0 Å². The van der Waals surface area contributed by atoms with E-state index in [0.717, 1.165) is 57.0 Å². The minimum Gasteiger partial charge on any atom is -0.494 e. The number of nitrogens with one attached hydrogen (secondary N) is 2. The number of hydrogen-bond donors (Lipinski definition) is 2. The number of piperidine rings is 1. The van der Waals surface area contributed by atoms with E-state index in [9.17, 15) is 4.39 Å². The maximum absolute atomic E-state index is 14.0. The highest BCUT2D eigenvalue weighted by atomic mass is 32.1. The second kappa shape index (κ2) is 11.4. The molecule has 1 unspecified atom stereocenters. The summed E-state index contributed by atoms with van der Waals surface area (Å²) in [5.74, 6) is 1.25. The number of hydrogen-bond acceptors (Lipinski definition) is 5. The van der Waals surface area contributed by atoms with Crippen LogP contribution in [-0.4, -0.2) is 49.6 Å². The van der Waals surface area contributed by atoms with Gasteiger partial charge in [0.15, 0.2) is 17.5 Å². The Kier molecular flexibility index (Phi) is 8.66. The minimum absolute atomic E-state index is 0.0698. The highest BCUT2D eigenvalue weighted by Crippen LogP contribution is 2.22. The maximum atomic E-state index is 14.0. The molecule has 1 aromatic carbocycles. The van der Waals surface area contributed by atoms with Crippen LogP contribution in [0, 0.1) is 11.7 Å². The molecule has 1 atom stereocenters. The van der Waals surface area contributed by atoms with E-state index in [2.05, 4.69) is 32.8 Å². The van der Waals surface area contributed by atoms with Gasteiger partial charge in [-0.05, 0) is 62.9 Å². The first-order valence-electron chi connectivity index (χ1n) is 11.0. The minimum atomic E-state index is -0.355. The normalized spacial score (nSPS) is 16.9. The third kappa shape index (κ3) is 6.64. The molecule has 0 bridgehead atoms. The summed E-state index contributed by atoms with van der Waals surface area (Å²) in [5, 5.41) is 10.2. The van der Waals surface area contributed by atoms with Gasteiger partial charge in [0, 0.05) is 25.5 Å². The molecule has 2 aromatic rings. The Labute approximate surface area is 188 Å². The lowest BCUT2D eigenvalue weighted by Crippen LogP contribution is -2.43. The molecular weight excluding hydrogens is 413 g/mol. The van der Waals surface area contributed by atoms with Crippen LogP contribution in [0.1, 0.15) is 49.0 Å². The molecule has 31 heavy (non-hydrogen) atoms. The topological polar surface area (TPSA) is 61.8 Å². The Hall–Kier alpha value is -2.19. The highest BCUT2D eigenvalue weighted by molar-refractivity contribution is 7.09. The van der Waals surface area contributed by atoms with Crippen molar-refractivity contribution in [3.05, 3.63) is 45.7 Å². The molecule has 1 fully saturated rings. The standard InChI is InChI=1S/C23H34FN5OS/c1-5-22-28-19(15-31-22)14-29-10-8-17(9-11-29)13-26-23(25-3)27-16(2)18-6-7-21(30-4)20(24)12-18/h6-7,12,15-17H,5,8-11,13-14H2,1-4H3,(H2,25,26,27). The first-order chi connectivity index (χ1) is 15.0. The van der Waals surface area contributed by atoms with Crippen molar-refractivity contribution in [2.24, 2.45) is 10.9 Å². The smallest absolute Gasteiger partial charge is 0.191 e. The van der Waals surface area contributed by atoms with Crippen LogP contribution in [0.2, 0.25) is 0 Å². The number of benzene rings is 1. The molecule has 0 spiro atoms. The van der Waals surface area contributed by atoms with E-state index >= 15 is 0 Å². The van der Waals surface area contributed by atoms with E-state index in [-0.39, 0.29) is 17.6 Å². The van der Waals surface area contributed by atoms with E-state index in [4.69, 9.17) is 9.72 Å². The van der Waals surface area contributed by atoms with Crippen LogP contribution in [-0.2, 0) is 13.0 Å². The van der Waals surface area contributed by atoms with Gasteiger partial charge in [0.05, 0.1) is 23.9 Å². The maximum Gasteiger partial charge on any atom is 0.191 e. The van der Waals surface area contributed by atoms with Crippen molar-refractivity contribution >= 4 is 17.3 Å². The van der Waals surface area contributed by atoms with Crippen molar-refractivity contribution in [3.8, 4) is 5.75 Å². The number of methoxy groups -OCH3 is 1. The molecule has 0 aliphatic carbocycles. The van der Waals surface area contributed by atoms with Gasteiger partial charge in [0.2, 0.25) is 0 Å². The molecule has 8 heteroatoms. The van der Waals surface area contributed by atoms with Gasteiger partial charge in [-0.15, -0.1) is 11.3 Å². The summed E-state index contributed by atoms with van der Waals surface area (Å²) in [5.41, 5.74) is 2.05. The molecule has 2 heterocycles. The lowest BCUT2D eigenvalue weighted by molar-refractivity contribution is 0.176. The van der Waals surface area contributed by atoms with E-state index < -0.39 is 0 Å². The van der Waals surface area contributed by atoms with Crippen LogP contribution in [0.25, 0.3) is 0 Å². The Morgan fingerprint density at radius 2 is 2.16 bits per heavy atom. The molecule has 1 aliphatic heterocycles. The Morgan fingerprint density at radius 3 is 2.77 bits per heavy atom. The average molecular weight is 448 g/mol. The van der Waals surface area contributed by atoms with Crippen LogP contribution in [0.4, 0.5) is 4.39 Å². The molecule has 2 N–H and O–H groups in total. The number of guanidine groups is 1. The number of ether oxygens (including phenoxy) is 1. The van der Waals surface area contributed by atoms with Crippen molar-refractivity contribution in [1.29, 1.82) is 0 Å². The summed E-state index contributed by atoms with van der Waals surface area (Å²) in [6, 6.07) is 4.96. The van der Waals surface area contributed by atoms with Gasteiger partial charge in [0.25, 0.3) is 0 Å². The van der Waals surface area contributed by atoms with Crippen LogP contribution < -0.4 is 15.4 Å². The first-order valence-corrected chi connectivity index (χ1v) is 11.9. The van der Waals surface area contributed by atoms with E-state index in [1.165, 1.54) is 23.9 Å². The summed E-state index contributed by atoms with van der Waals surface area (Å²) >= 11 is 1.76. The number of aryl methyl sites for hydroxylation is 1. The number of aromatic nitrogens is 1. The summed E-state index contributed by atoms with van der Waals surface area (Å²) in [6.45, 7) is 8.18. The predicted octanol–water partition coefficient (Wildman–Crippen LogP) is 3.99. The average Bonchev–Trinajstić information content (AvgIpc) is 3.25. The molecule has 170 valence electrons. The van der Waals surface area contributed by atoms with Crippen LogP contribution >= 0.6 is 11.3 Å². The van der Waals surface area contributed by atoms with Gasteiger partial charge >= 0.3 is 0 Å². The summed E-state index contributed by atoms with van der Waals surface area (Å²) in [4.78, 5) is 11.5. The predicted molar refractivity (Wildman–Crippen MR) is 125 cm³/mol. The van der Waals surface area contributed by atoms with Gasteiger partial charge in [-0.1, -0.05) is 13.0 Å². The fourth-order valence-corrected chi connectivity index (χ4v) is 4.57. The molecule has 3 rings (SSSR count). The van der Waals surface area contributed by atoms with Crippen molar-refractivity contribution < 1.29 is 9.13 Å². The summed E-state index contributed by atoms with van der Waals surface area (Å²) < 4.78 is 19.0. The molecule has 0 saturated carbocycles. The monoisotopic (exact) mass is 447 g/mol. The zero-order valence-corrected chi connectivity index (χ0v) is 19.8. The Balaban J connectivity index is 1.42. The lowest BCUT2D eigenvalue weighted by Gasteiger charge is -2.32. The largest absolute Gasteiger partial charge is 0.494 e. The molecular formula is C23H34FN5OS. The lowest BCUT2D eigenvalue weighted by atomic mass is 9.97.